The predicted octanol–water partition coefficient (Wildman–Crippen LogP) is 4.85. The van der Waals surface area contributed by atoms with Crippen LogP contribution in [0.3, 0.4) is 0 Å². The maximum atomic E-state index is 13.2. The van der Waals surface area contributed by atoms with E-state index in [9.17, 15) is 4.79 Å². The van der Waals surface area contributed by atoms with Crippen LogP contribution < -0.4 is 4.90 Å². The molecule has 2 aromatic rings. The lowest BCUT2D eigenvalue weighted by Crippen LogP contribution is -2.31. The molecule has 1 saturated heterocycles. The fourth-order valence-electron chi connectivity index (χ4n) is 3.71. The van der Waals surface area contributed by atoms with E-state index in [0.29, 0.717) is 5.69 Å². The maximum absolute atomic E-state index is 13.2. The third-order valence-corrected chi connectivity index (χ3v) is 5.62. The standard InChI is InChI=1S/C20H18Cl2N4O/c1-11-23-9-13(10-24-11)12-4-5-15-16(6-12)26(19(27)20(15,2)3)14-7-17(21)25-18(22)8-14/h4,6-10,15H,5H2,1-3H3. The highest BCUT2D eigenvalue weighted by Crippen LogP contribution is 2.50. The van der Waals surface area contributed by atoms with Crippen LogP contribution in [-0.4, -0.2) is 20.9 Å². The number of fused-ring (bicyclic) bond motifs is 1. The van der Waals surface area contributed by atoms with Crippen LogP contribution in [-0.2, 0) is 4.79 Å². The van der Waals surface area contributed by atoms with Gasteiger partial charge in [-0.3, -0.25) is 9.69 Å². The number of allylic oxidation sites excluding steroid dienone is 4. The third-order valence-electron chi connectivity index (χ3n) is 5.24. The quantitative estimate of drug-likeness (QED) is 0.676. The summed E-state index contributed by atoms with van der Waals surface area (Å²) in [6, 6.07) is 3.33. The first-order chi connectivity index (χ1) is 12.8. The van der Waals surface area contributed by atoms with Gasteiger partial charge in [-0.25, -0.2) is 15.0 Å². The number of anilines is 1. The van der Waals surface area contributed by atoms with E-state index < -0.39 is 5.41 Å². The van der Waals surface area contributed by atoms with Gasteiger partial charge in [-0.1, -0.05) is 43.1 Å². The van der Waals surface area contributed by atoms with Crippen molar-refractivity contribution < 1.29 is 4.79 Å². The van der Waals surface area contributed by atoms with Crippen LogP contribution >= 0.6 is 23.2 Å². The molecule has 7 heteroatoms. The maximum Gasteiger partial charge on any atom is 0.237 e. The van der Waals surface area contributed by atoms with Crippen LogP contribution in [0.2, 0.25) is 10.3 Å². The highest BCUT2D eigenvalue weighted by atomic mass is 35.5. The lowest BCUT2D eigenvalue weighted by atomic mass is 9.75. The molecule has 2 aliphatic rings. The fraction of sp³-hybridized carbons (Fsp3) is 0.300. The minimum absolute atomic E-state index is 0.0203. The number of hydrogen-bond acceptors (Lipinski definition) is 4. The first-order valence-electron chi connectivity index (χ1n) is 8.66. The summed E-state index contributed by atoms with van der Waals surface area (Å²) in [4.78, 5) is 27.5. The van der Waals surface area contributed by atoms with Crippen molar-refractivity contribution in [1.82, 2.24) is 15.0 Å². The van der Waals surface area contributed by atoms with Crippen LogP contribution in [0.1, 0.15) is 31.7 Å². The third kappa shape index (κ3) is 3.05. The van der Waals surface area contributed by atoms with E-state index in [4.69, 9.17) is 23.2 Å². The summed E-state index contributed by atoms with van der Waals surface area (Å²) in [6.07, 6.45) is 8.55. The second-order valence-corrected chi connectivity index (χ2v) is 8.14. The van der Waals surface area contributed by atoms with E-state index in [1.54, 1.807) is 29.4 Å². The summed E-state index contributed by atoms with van der Waals surface area (Å²) in [5.74, 6) is 0.818. The van der Waals surface area contributed by atoms with E-state index in [0.717, 1.165) is 29.1 Å². The molecule has 0 aromatic carbocycles. The molecule has 1 fully saturated rings. The predicted molar refractivity (Wildman–Crippen MR) is 106 cm³/mol. The van der Waals surface area contributed by atoms with Crippen molar-refractivity contribution in [1.29, 1.82) is 0 Å². The van der Waals surface area contributed by atoms with Gasteiger partial charge in [0.25, 0.3) is 0 Å². The van der Waals surface area contributed by atoms with Crippen molar-refractivity contribution in [2.45, 2.75) is 27.2 Å². The normalized spacial score (nSPS) is 21.0. The molecule has 1 atom stereocenters. The number of rotatable bonds is 2. The Balaban J connectivity index is 1.82. The molecule has 27 heavy (non-hydrogen) atoms. The van der Waals surface area contributed by atoms with Crippen molar-refractivity contribution in [2.75, 3.05) is 4.90 Å². The first kappa shape index (κ1) is 18.1. The Labute approximate surface area is 167 Å². The Morgan fingerprint density at radius 3 is 2.41 bits per heavy atom. The molecular weight excluding hydrogens is 383 g/mol. The number of aryl methyl sites for hydroxylation is 1. The lowest BCUT2D eigenvalue weighted by Gasteiger charge is -2.26. The lowest BCUT2D eigenvalue weighted by molar-refractivity contribution is -0.125. The number of nitrogens with zero attached hydrogens (tertiary/aromatic N) is 4. The molecule has 3 heterocycles. The van der Waals surface area contributed by atoms with E-state index in [1.807, 2.05) is 26.8 Å². The van der Waals surface area contributed by atoms with Gasteiger partial charge in [0.15, 0.2) is 0 Å². The number of amides is 1. The number of hydrogen-bond donors (Lipinski definition) is 0. The number of pyridine rings is 1. The second kappa shape index (κ2) is 6.43. The Morgan fingerprint density at radius 2 is 1.78 bits per heavy atom. The molecule has 0 radical (unpaired) electrons. The average molecular weight is 401 g/mol. The van der Waals surface area contributed by atoms with Crippen molar-refractivity contribution >= 4 is 40.4 Å². The fourth-order valence-corrected chi connectivity index (χ4v) is 4.16. The zero-order valence-electron chi connectivity index (χ0n) is 15.2. The Bertz CT molecular complexity index is 975. The molecule has 2 aromatic heterocycles. The minimum Gasteiger partial charge on any atom is -0.284 e. The highest BCUT2D eigenvalue weighted by molar-refractivity contribution is 6.33. The van der Waals surface area contributed by atoms with Crippen LogP contribution in [0.5, 0.6) is 0 Å². The Hall–Kier alpha value is -2.24. The molecule has 0 saturated carbocycles. The van der Waals surface area contributed by atoms with Crippen molar-refractivity contribution in [3.8, 4) is 0 Å². The first-order valence-corrected chi connectivity index (χ1v) is 9.41. The summed E-state index contributed by atoms with van der Waals surface area (Å²) in [5.41, 5.74) is 2.96. The van der Waals surface area contributed by atoms with E-state index in [2.05, 4.69) is 21.0 Å². The summed E-state index contributed by atoms with van der Waals surface area (Å²) in [6.45, 7) is 5.81. The van der Waals surface area contributed by atoms with Gasteiger partial charge >= 0.3 is 0 Å². The van der Waals surface area contributed by atoms with Gasteiger partial charge in [0.2, 0.25) is 5.91 Å². The van der Waals surface area contributed by atoms with Gasteiger partial charge in [-0.05, 0) is 37.1 Å². The molecule has 1 aliphatic heterocycles. The van der Waals surface area contributed by atoms with E-state index >= 15 is 0 Å². The summed E-state index contributed by atoms with van der Waals surface area (Å²) < 4.78 is 0. The number of aromatic nitrogens is 3. The second-order valence-electron chi connectivity index (χ2n) is 7.37. The molecule has 5 nitrogen and oxygen atoms in total. The molecule has 1 aliphatic carbocycles. The molecule has 1 unspecified atom stereocenters. The number of halogens is 2. The molecule has 138 valence electrons. The van der Waals surface area contributed by atoms with Crippen molar-refractivity contribution in [3.05, 3.63) is 64.1 Å². The smallest absolute Gasteiger partial charge is 0.237 e. The van der Waals surface area contributed by atoms with Crippen LogP contribution in [0, 0.1) is 18.3 Å². The largest absolute Gasteiger partial charge is 0.284 e. The molecular formula is C20H18Cl2N4O. The minimum atomic E-state index is -0.528. The zero-order valence-corrected chi connectivity index (χ0v) is 16.7. The van der Waals surface area contributed by atoms with Gasteiger partial charge in [-0.15, -0.1) is 0 Å². The molecule has 4 rings (SSSR count). The SMILES string of the molecule is Cc1ncc(C2=CCC3C(=C2)N(c2cc(Cl)nc(Cl)c2)C(=O)C3(C)C)cn1. The number of carbonyl (C=O) groups is 1. The van der Waals surface area contributed by atoms with Crippen LogP contribution in [0.15, 0.2) is 42.4 Å². The van der Waals surface area contributed by atoms with Crippen LogP contribution in [0.4, 0.5) is 5.69 Å². The van der Waals surface area contributed by atoms with E-state index in [1.165, 1.54) is 0 Å². The van der Waals surface area contributed by atoms with Crippen LogP contribution in [0.25, 0.3) is 5.57 Å². The molecule has 0 spiro atoms. The average Bonchev–Trinajstić information content (AvgIpc) is 2.81. The summed E-state index contributed by atoms with van der Waals surface area (Å²) >= 11 is 12.2. The zero-order chi connectivity index (χ0) is 19.3. The Kier molecular flexibility index (Phi) is 4.32. The monoisotopic (exact) mass is 400 g/mol. The molecule has 1 amide bonds. The van der Waals surface area contributed by atoms with Gasteiger partial charge in [0.05, 0.1) is 11.1 Å². The molecule has 0 bridgehead atoms. The van der Waals surface area contributed by atoms with E-state index in [-0.39, 0.29) is 22.1 Å². The topological polar surface area (TPSA) is 59.0 Å². The van der Waals surface area contributed by atoms with Gasteiger partial charge in [0.1, 0.15) is 16.1 Å². The summed E-state index contributed by atoms with van der Waals surface area (Å²) in [5, 5.41) is 0.510. The molecule has 0 N–H and O–H groups in total. The highest BCUT2D eigenvalue weighted by Gasteiger charge is 2.51. The Morgan fingerprint density at radius 1 is 1.15 bits per heavy atom. The summed E-state index contributed by atoms with van der Waals surface area (Å²) in [7, 11) is 0. The van der Waals surface area contributed by atoms with Gasteiger partial charge in [0, 0.05) is 29.6 Å². The van der Waals surface area contributed by atoms with Crippen molar-refractivity contribution in [3.63, 3.8) is 0 Å². The van der Waals surface area contributed by atoms with Gasteiger partial charge < -0.3 is 0 Å². The van der Waals surface area contributed by atoms with Gasteiger partial charge in [-0.2, -0.15) is 0 Å². The van der Waals surface area contributed by atoms with Crippen molar-refractivity contribution in [2.24, 2.45) is 11.3 Å². The number of carbonyl (C=O) groups excluding carboxylic acids is 1.